The quantitative estimate of drug-likeness (QED) is 0.846. The third-order valence-electron chi connectivity index (χ3n) is 2.59. The van der Waals surface area contributed by atoms with Gasteiger partial charge in [0.25, 0.3) is 5.91 Å². The molecule has 5 heteroatoms. The Balaban J connectivity index is 2.26. The van der Waals surface area contributed by atoms with Gasteiger partial charge in [-0.05, 0) is 30.3 Å². The molecule has 0 aliphatic carbocycles. The highest BCUT2D eigenvalue weighted by Crippen LogP contribution is 2.25. The third kappa shape index (κ3) is 2.98. The van der Waals surface area contributed by atoms with Crippen LogP contribution in [-0.4, -0.2) is 13.0 Å². The number of amides is 1. The number of ether oxygens (including phenoxy) is 1. The number of nitrogens with two attached hydrogens (primary N) is 1. The highest BCUT2D eigenvalue weighted by Gasteiger charge is 2.12. The number of halogens is 1. The summed E-state index contributed by atoms with van der Waals surface area (Å²) < 4.78 is 5.16. The minimum absolute atomic E-state index is 0.311. The summed E-state index contributed by atoms with van der Waals surface area (Å²) in [6.07, 6.45) is 0. The van der Waals surface area contributed by atoms with Crippen LogP contribution in [0, 0.1) is 0 Å². The van der Waals surface area contributed by atoms with Crippen LogP contribution < -0.4 is 15.8 Å². The van der Waals surface area contributed by atoms with Crippen LogP contribution in [0.2, 0.25) is 5.02 Å². The lowest BCUT2D eigenvalue weighted by Gasteiger charge is -2.10. The van der Waals surface area contributed by atoms with E-state index in [1.807, 2.05) is 12.1 Å². The lowest BCUT2D eigenvalue weighted by molar-refractivity contribution is 0.102. The average molecular weight is 277 g/mol. The molecular formula is C14H13ClN2O2. The van der Waals surface area contributed by atoms with Crippen LogP contribution in [-0.2, 0) is 0 Å². The molecular weight excluding hydrogens is 264 g/mol. The summed E-state index contributed by atoms with van der Waals surface area (Å²) in [6.45, 7) is 0. The number of rotatable bonds is 3. The minimum Gasteiger partial charge on any atom is -0.495 e. The molecule has 2 aromatic rings. The van der Waals surface area contributed by atoms with Crippen LogP contribution in [0.3, 0.4) is 0 Å². The fourth-order valence-corrected chi connectivity index (χ4v) is 1.93. The van der Waals surface area contributed by atoms with E-state index in [9.17, 15) is 4.79 Å². The van der Waals surface area contributed by atoms with Crippen molar-refractivity contribution >= 4 is 28.9 Å². The number of benzene rings is 2. The van der Waals surface area contributed by atoms with E-state index in [-0.39, 0.29) is 5.91 Å². The highest BCUT2D eigenvalue weighted by molar-refractivity contribution is 6.34. The Morgan fingerprint density at radius 2 is 2.00 bits per heavy atom. The summed E-state index contributed by atoms with van der Waals surface area (Å²) in [4.78, 5) is 12.1. The van der Waals surface area contributed by atoms with E-state index in [1.54, 1.807) is 37.4 Å². The lowest BCUT2D eigenvalue weighted by atomic mass is 10.2. The van der Waals surface area contributed by atoms with Gasteiger partial charge < -0.3 is 15.8 Å². The smallest absolute Gasteiger partial charge is 0.257 e. The third-order valence-corrected chi connectivity index (χ3v) is 2.91. The second-order valence-electron chi connectivity index (χ2n) is 3.89. The maximum atomic E-state index is 12.1. The van der Waals surface area contributed by atoms with Gasteiger partial charge in [-0.3, -0.25) is 4.79 Å². The number of hydrogen-bond donors (Lipinski definition) is 2. The van der Waals surface area contributed by atoms with Crippen molar-refractivity contribution < 1.29 is 9.53 Å². The molecule has 98 valence electrons. The average Bonchev–Trinajstić information content (AvgIpc) is 2.39. The zero-order valence-electron chi connectivity index (χ0n) is 10.3. The largest absolute Gasteiger partial charge is 0.495 e. The molecule has 0 radical (unpaired) electrons. The molecule has 0 atom stereocenters. The predicted octanol–water partition coefficient (Wildman–Crippen LogP) is 3.18. The Bertz CT molecular complexity index is 614. The van der Waals surface area contributed by atoms with Gasteiger partial charge in [0, 0.05) is 5.69 Å². The lowest BCUT2D eigenvalue weighted by Crippen LogP contribution is -2.13. The SMILES string of the molecule is COc1ccccc1NC(=O)c1ccc(N)cc1Cl. The molecule has 3 N–H and O–H groups in total. The van der Waals surface area contributed by atoms with Gasteiger partial charge in [0.05, 0.1) is 23.4 Å². The van der Waals surface area contributed by atoms with Crippen molar-refractivity contribution in [2.24, 2.45) is 0 Å². The first-order chi connectivity index (χ1) is 9.11. The Morgan fingerprint density at radius 3 is 2.68 bits per heavy atom. The number of para-hydroxylation sites is 2. The molecule has 0 saturated carbocycles. The maximum absolute atomic E-state index is 12.1. The van der Waals surface area contributed by atoms with Crippen molar-refractivity contribution in [3.63, 3.8) is 0 Å². The summed E-state index contributed by atoms with van der Waals surface area (Å²) in [5, 5.41) is 3.06. The Labute approximate surface area is 116 Å². The van der Waals surface area contributed by atoms with Crippen molar-refractivity contribution in [2.75, 3.05) is 18.2 Å². The van der Waals surface area contributed by atoms with Crippen LogP contribution in [0.1, 0.15) is 10.4 Å². The van der Waals surface area contributed by atoms with Crippen LogP contribution in [0.15, 0.2) is 42.5 Å². The number of carbonyl (C=O) groups excluding carboxylic acids is 1. The van der Waals surface area contributed by atoms with Crippen molar-refractivity contribution in [2.45, 2.75) is 0 Å². The van der Waals surface area contributed by atoms with Gasteiger partial charge >= 0.3 is 0 Å². The number of nitrogen functional groups attached to an aromatic ring is 1. The monoisotopic (exact) mass is 276 g/mol. The second kappa shape index (κ2) is 5.63. The number of anilines is 2. The van der Waals surface area contributed by atoms with Crippen LogP contribution in [0.5, 0.6) is 5.75 Å². The molecule has 0 unspecified atom stereocenters. The first-order valence-corrected chi connectivity index (χ1v) is 5.99. The first kappa shape index (κ1) is 13.2. The van der Waals surface area contributed by atoms with E-state index in [0.29, 0.717) is 27.7 Å². The Morgan fingerprint density at radius 1 is 1.26 bits per heavy atom. The standard InChI is InChI=1S/C14H13ClN2O2/c1-19-13-5-3-2-4-12(13)17-14(18)10-7-6-9(16)8-11(10)15/h2-8H,16H2,1H3,(H,17,18). The summed E-state index contributed by atoms with van der Waals surface area (Å²) >= 11 is 5.99. The molecule has 2 rings (SSSR count). The van der Waals surface area contributed by atoms with Gasteiger partial charge in [0.1, 0.15) is 5.75 Å². The van der Waals surface area contributed by atoms with Gasteiger partial charge in [0.15, 0.2) is 0 Å². The van der Waals surface area contributed by atoms with Gasteiger partial charge in [-0.2, -0.15) is 0 Å². The molecule has 0 bridgehead atoms. The van der Waals surface area contributed by atoms with Crippen LogP contribution in [0.25, 0.3) is 0 Å². The molecule has 0 saturated heterocycles. The van der Waals surface area contributed by atoms with Crippen molar-refractivity contribution in [3.05, 3.63) is 53.1 Å². The van der Waals surface area contributed by atoms with Gasteiger partial charge in [0.2, 0.25) is 0 Å². The zero-order chi connectivity index (χ0) is 13.8. The summed E-state index contributed by atoms with van der Waals surface area (Å²) in [7, 11) is 1.54. The topological polar surface area (TPSA) is 64.3 Å². The summed E-state index contributed by atoms with van der Waals surface area (Å²) in [6, 6.07) is 11.9. The molecule has 0 spiro atoms. The minimum atomic E-state index is -0.311. The van der Waals surface area contributed by atoms with Gasteiger partial charge in [-0.1, -0.05) is 23.7 Å². The van der Waals surface area contributed by atoms with E-state index in [4.69, 9.17) is 22.1 Å². The van der Waals surface area contributed by atoms with E-state index in [0.717, 1.165) is 0 Å². The summed E-state index contributed by atoms with van der Waals surface area (Å²) in [5.41, 5.74) is 7.05. The fourth-order valence-electron chi connectivity index (χ4n) is 1.65. The molecule has 4 nitrogen and oxygen atoms in total. The van der Waals surface area contributed by atoms with E-state index >= 15 is 0 Å². The van der Waals surface area contributed by atoms with E-state index in [2.05, 4.69) is 5.32 Å². The molecule has 2 aromatic carbocycles. The van der Waals surface area contributed by atoms with Crippen LogP contribution in [0.4, 0.5) is 11.4 Å². The molecule has 0 aliphatic heterocycles. The molecule has 0 aromatic heterocycles. The van der Waals surface area contributed by atoms with E-state index < -0.39 is 0 Å². The van der Waals surface area contributed by atoms with Crippen molar-refractivity contribution in [1.29, 1.82) is 0 Å². The molecule has 0 heterocycles. The number of nitrogens with one attached hydrogen (secondary N) is 1. The Hall–Kier alpha value is -2.20. The molecule has 0 aliphatic rings. The highest BCUT2D eigenvalue weighted by atomic mass is 35.5. The first-order valence-electron chi connectivity index (χ1n) is 5.61. The molecule has 0 fully saturated rings. The molecule has 19 heavy (non-hydrogen) atoms. The van der Waals surface area contributed by atoms with Gasteiger partial charge in [-0.15, -0.1) is 0 Å². The van der Waals surface area contributed by atoms with E-state index in [1.165, 1.54) is 0 Å². The number of hydrogen-bond acceptors (Lipinski definition) is 3. The maximum Gasteiger partial charge on any atom is 0.257 e. The number of methoxy groups -OCH3 is 1. The predicted molar refractivity (Wildman–Crippen MR) is 76.8 cm³/mol. The second-order valence-corrected chi connectivity index (χ2v) is 4.30. The van der Waals surface area contributed by atoms with Crippen LogP contribution >= 0.6 is 11.6 Å². The van der Waals surface area contributed by atoms with Gasteiger partial charge in [-0.25, -0.2) is 0 Å². The normalized spacial score (nSPS) is 10.0. The molecule has 1 amide bonds. The zero-order valence-corrected chi connectivity index (χ0v) is 11.1. The van der Waals surface area contributed by atoms with Crippen molar-refractivity contribution in [1.82, 2.24) is 0 Å². The fraction of sp³-hybridized carbons (Fsp3) is 0.0714. The summed E-state index contributed by atoms with van der Waals surface area (Å²) in [5.74, 6) is 0.275. The Kier molecular flexibility index (Phi) is 3.92. The van der Waals surface area contributed by atoms with Crippen molar-refractivity contribution in [3.8, 4) is 5.75 Å². The number of carbonyl (C=O) groups is 1.